The van der Waals surface area contributed by atoms with Crippen LogP contribution in [0.25, 0.3) is 10.9 Å². The maximum absolute atomic E-state index is 11.7. The summed E-state index contributed by atoms with van der Waals surface area (Å²) < 4.78 is 0. The monoisotopic (exact) mass is 282 g/mol. The maximum Gasteiger partial charge on any atom is 0.151 e. The smallest absolute Gasteiger partial charge is 0.151 e. The number of carbonyl (C=O) groups is 1. The Balaban J connectivity index is 2.28. The van der Waals surface area contributed by atoms with Crippen LogP contribution < -0.4 is 0 Å². The van der Waals surface area contributed by atoms with Gasteiger partial charge in [-0.15, -0.1) is 0 Å². The predicted molar refractivity (Wildman–Crippen MR) is 85.9 cm³/mol. The third-order valence-electron chi connectivity index (χ3n) is 4.51. The van der Waals surface area contributed by atoms with Crippen LogP contribution in [0.3, 0.4) is 0 Å². The third kappa shape index (κ3) is 2.36. The summed E-state index contributed by atoms with van der Waals surface area (Å²) in [6.45, 7) is 9.40. The lowest BCUT2D eigenvalue weighted by molar-refractivity contribution is 0.112. The fourth-order valence-corrected chi connectivity index (χ4v) is 3.24. The molecule has 3 heteroatoms. The van der Waals surface area contributed by atoms with Gasteiger partial charge in [-0.1, -0.05) is 39.0 Å². The minimum absolute atomic E-state index is 0.412. The van der Waals surface area contributed by atoms with Gasteiger partial charge in [-0.2, -0.15) is 0 Å². The van der Waals surface area contributed by atoms with Crippen molar-refractivity contribution < 1.29 is 4.79 Å². The van der Waals surface area contributed by atoms with E-state index in [1.165, 1.54) is 5.56 Å². The van der Waals surface area contributed by atoms with Crippen LogP contribution in [0.15, 0.2) is 18.2 Å². The Morgan fingerprint density at radius 2 is 2.19 bits per heavy atom. The van der Waals surface area contributed by atoms with Crippen LogP contribution in [-0.4, -0.2) is 29.3 Å². The van der Waals surface area contributed by atoms with Crippen molar-refractivity contribution in [3.63, 3.8) is 0 Å². The molecule has 1 aromatic carbocycles. The van der Waals surface area contributed by atoms with Crippen LogP contribution in [-0.2, 0) is 13.0 Å². The van der Waals surface area contributed by atoms with E-state index in [-0.39, 0.29) is 0 Å². The van der Waals surface area contributed by atoms with E-state index in [2.05, 4.69) is 31.7 Å². The second-order valence-electron chi connectivity index (χ2n) is 6.09. The van der Waals surface area contributed by atoms with E-state index in [1.54, 1.807) is 0 Å². The molecule has 0 amide bonds. The molecule has 3 nitrogen and oxygen atoms in total. The lowest BCUT2D eigenvalue weighted by atomic mass is 9.92. The van der Waals surface area contributed by atoms with Crippen LogP contribution >= 0.6 is 0 Å². The number of aromatic nitrogens is 1. The molecule has 1 aromatic heterocycles. The molecule has 1 aliphatic rings. The predicted octanol–water partition coefficient (Wildman–Crippen LogP) is 3.55. The van der Waals surface area contributed by atoms with Crippen molar-refractivity contribution in [1.82, 2.24) is 9.88 Å². The van der Waals surface area contributed by atoms with E-state index in [4.69, 9.17) is 4.98 Å². The first-order valence-corrected chi connectivity index (χ1v) is 7.77. The van der Waals surface area contributed by atoms with E-state index in [9.17, 15) is 4.79 Å². The number of para-hydroxylation sites is 1. The Bertz CT molecular complexity index is 691. The maximum atomic E-state index is 11.7. The van der Waals surface area contributed by atoms with Crippen molar-refractivity contribution in [2.45, 2.75) is 39.7 Å². The van der Waals surface area contributed by atoms with Gasteiger partial charge in [-0.3, -0.25) is 14.7 Å². The summed E-state index contributed by atoms with van der Waals surface area (Å²) in [6, 6.07) is 6.20. The second kappa shape index (κ2) is 5.57. The highest BCUT2D eigenvalue weighted by Crippen LogP contribution is 2.31. The summed E-state index contributed by atoms with van der Waals surface area (Å²) >= 11 is 0. The van der Waals surface area contributed by atoms with Gasteiger partial charge in [-0.25, -0.2) is 0 Å². The number of fused-ring (bicyclic) bond motifs is 2. The van der Waals surface area contributed by atoms with Crippen LogP contribution in [0.4, 0.5) is 0 Å². The fourth-order valence-electron chi connectivity index (χ4n) is 3.24. The number of aldehydes is 1. The summed E-state index contributed by atoms with van der Waals surface area (Å²) in [7, 11) is 0. The van der Waals surface area contributed by atoms with Gasteiger partial charge < -0.3 is 0 Å². The van der Waals surface area contributed by atoms with Gasteiger partial charge >= 0.3 is 0 Å². The van der Waals surface area contributed by atoms with Gasteiger partial charge in [0.05, 0.1) is 5.52 Å². The van der Waals surface area contributed by atoms with Crippen molar-refractivity contribution in [3.8, 4) is 0 Å². The Kier molecular flexibility index (Phi) is 3.77. The molecule has 2 aromatic rings. The highest BCUT2D eigenvalue weighted by atomic mass is 16.1. The molecule has 110 valence electrons. The normalized spacial score (nSPS) is 15.4. The lowest BCUT2D eigenvalue weighted by Gasteiger charge is -2.28. The average Bonchev–Trinajstić information content (AvgIpc) is 2.51. The van der Waals surface area contributed by atoms with Gasteiger partial charge in [0.15, 0.2) is 6.29 Å². The molecule has 0 spiro atoms. The molecule has 21 heavy (non-hydrogen) atoms. The SMILES string of the molecule is CCN1CCc2nc3c(C(C)C)cccc3c(C=O)c2C1. The molecule has 0 unspecified atom stereocenters. The molecule has 0 aliphatic carbocycles. The van der Waals surface area contributed by atoms with E-state index < -0.39 is 0 Å². The minimum Gasteiger partial charge on any atom is -0.299 e. The first-order chi connectivity index (χ1) is 10.2. The van der Waals surface area contributed by atoms with Crippen LogP contribution in [0, 0.1) is 0 Å². The molecule has 0 radical (unpaired) electrons. The minimum atomic E-state index is 0.412. The molecule has 1 aliphatic heterocycles. The Hall–Kier alpha value is -1.74. The molecule has 2 heterocycles. The third-order valence-corrected chi connectivity index (χ3v) is 4.51. The summed E-state index contributed by atoms with van der Waals surface area (Å²) in [4.78, 5) is 19.0. The number of rotatable bonds is 3. The molecule has 0 saturated heterocycles. The van der Waals surface area contributed by atoms with Crippen LogP contribution in [0.5, 0.6) is 0 Å². The standard InChI is InChI=1S/C18H22N2O/c1-4-20-9-8-17-15(10-20)16(11-21)14-7-5-6-13(12(2)3)18(14)19-17/h5-7,11-12H,4,8-10H2,1-3H3. The van der Waals surface area contributed by atoms with E-state index in [0.29, 0.717) is 5.92 Å². The van der Waals surface area contributed by atoms with Crippen molar-refractivity contribution in [2.75, 3.05) is 13.1 Å². The van der Waals surface area contributed by atoms with Gasteiger partial charge in [0.2, 0.25) is 0 Å². The summed E-state index contributed by atoms with van der Waals surface area (Å²) in [5, 5.41) is 1.01. The number of hydrogen-bond acceptors (Lipinski definition) is 3. The Morgan fingerprint density at radius 1 is 1.38 bits per heavy atom. The van der Waals surface area contributed by atoms with E-state index in [0.717, 1.165) is 60.1 Å². The molecule has 3 rings (SSSR count). The molecule has 0 bridgehead atoms. The van der Waals surface area contributed by atoms with Gasteiger partial charge in [0, 0.05) is 36.2 Å². The zero-order chi connectivity index (χ0) is 15.0. The highest BCUT2D eigenvalue weighted by Gasteiger charge is 2.22. The molecular formula is C18H22N2O. The quantitative estimate of drug-likeness (QED) is 0.807. The molecular weight excluding hydrogens is 260 g/mol. The number of carbonyl (C=O) groups excluding carboxylic acids is 1. The zero-order valence-corrected chi connectivity index (χ0v) is 13.0. The fraction of sp³-hybridized carbons (Fsp3) is 0.444. The highest BCUT2D eigenvalue weighted by molar-refractivity contribution is 5.99. The number of benzene rings is 1. The number of hydrogen-bond donors (Lipinski definition) is 0. The first-order valence-electron chi connectivity index (χ1n) is 7.77. The molecule has 0 fully saturated rings. The van der Waals surface area contributed by atoms with Crippen molar-refractivity contribution in [3.05, 3.63) is 40.6 Å². The Morgan fingerprint density at radius 3 is 2.86 bits per heavy atom. The van der Waals surface area contributed by atoms with Gasteiger partial charge in [0.25, 0.3) is 0 Å². The molecule has 0 saturated carbocycles. The van der Waals surface area contributed by atoms with E-state index >= 15 is 0 Å². The molecule has 0 atom stereocenters. The summed E-state index contributed by atoms with van der Waals surface area (Å²) in [5.74, 6) is 0.412. The van der Waals surface area contributed by atoms with Crippen LogP contribution in [0.1, 0.15) is 53.9 Å². The average molecular weight is 282 g/mol. The van der Waals surface area contributed by atoms with Gasteiger partial charge in [-0.05, 0) is 23.6 Å². The summed E-state index contributed by atoms with van der Waals surface area (Å²) in [6.07, 6.45) is 1.96. The van der Waals surface area contributed by atoms with Crippen molar-refractivity contribution in [2.24, 2.45) is 0 Å². The molecule has 0 N–H and O–H groups in total. The number of likely N-dealkylation sites (N-methyl/N-ethyl adjacent to an activating group) is 1. The second-order valence-corrected chi connectivity index (χ2v) is 6.09. The number of nitrogens with zero attached hydrogens (tertiary/aromatic N) is 2. The Labute approximate surface area is 126 Å². The van der Waals surface area contributed by atoms with Crippen LogP contribution in [0.2, 0.25) is 0 Å². The van der Waals surface area contributed by atoms with E-state index in [1.807, 2.05) is 12.1 Å². The zero-order valence-electron chi connectivity index (χ0n) is 13.0. The number of pyridine rings is 1. The largest absolute Gasteiger partial charge is 0.299 e. The topological polar surface area (TPSA) is 33.2 Å². The first kappa shape index (κ1) is 14.2. The summed E-state index contributed by atoms with van der Waals surface area (Å²) in [5.41, 5.74) is 5.33. The lowest BCUT2D eigenvalue weighted by Crippen LogP contribution is -2.31. The van der Waals surface area contributed by atoms with Crippen molar-refractivity contribution in [1.29, 1.82) is 0 Å². The van der Waals surface area contributed by atoms with Gasteiger partial charge in [0.1, 0.15) is 0 Å². The van der Waals surface area contributed by atoms with Crippen molar-refractivity contribution >= 4 is 17.2 Å².